The van der Waals surface area contributed by atoms with E-state index in [-0.39, 0.29) is 0 Å². The Balaban J connectivity index is 1.01. The molecule has 1 unspecified atom stereocenters. The second kappa shape index (κ2) is 14.2. The van der Waals surface area contributed by atoms with Gasteiger partial charge in [-0.05, 0) is 78.6 Å². The highest BCUT2D eigenvalue weighted by atomic mass is 16.3. The van der Waals surface area contributed by atoms with Crippen LogP contribution in [-0.2, 0) is 0 Å². The van der Waals surface area contributed by atoms with E-state index in [1.54, 1.807) is 0 Å². The zero-order valence-corrected chi connectivity index (χ0v) is 34.2. The molecule has 63 heavy (non-hydrogen) atoms. The minimum Gasteiger partial charge on any atom is -0.454 e. The summed E-state index contributed by atoms with van der Waals surface area (Å²) in [7, 11) is 0. The molecule has 4 heterocycles. The molecular weight excluding hydrogens is 771 g/mol. The first kappa shape index (κ1) is 35.5. The summed E-state index contributed by atoms with van der Waals surface area (Å²) in [6.07, 6.45) is 8.25. The highest BCUT2D eigenvalue weighted by Crippen LogP contribution is 2.43. The number of fused-ring (bicyclic) bond motifs is 9. The SMILES string of the molecule is C1=CC(C2=NC(c3cccc(-c4ccccc4)c3)=NC(c3cccc4oc5c(-n6c7ccccc7c7cc8c(cc76)c6ccccc6n8-c6ccccc6)cccc5c34)N2)=CCC1. The zero-order chi connectivity index (χ0) is 41.4. The van der Waals surface area contributed by atoms with E-state index < -0.39 is 6.17 Å². The Labute approximate surface area is 363 Å². The van der Waals surface area contributed by atoms with Crippen molar-refractivity contribution >= 4 is 77.2 Å². The fraction of sp³-hybridized carbons (Fsp3) is 0.0526. The molecule has 0 saturated heterocycles. The number of aliphatic imine (C=N–C) groups is 2. The number of nitrogens with zero attached hydrogens (tertiary/aromatic N) is 4. The van der Waals surface area contributed by atoms with E-state index in [1.165, 1.54) is 32.6 Å². The lowest BCUT2D eigenvalue weighted by Gasteiger charge is -2.25. The van der Waals surface area contributed by atoms with E-state index in [2.05, 4.69) is 209 Å². The highest BCUT2D eigenvalue weighted by Gasteiger charge is 2.27. The van der Waals surface area contributed by atoms with Crippen LogP contribution in [0.4, 0.5) is 0 Å². The Morgan fingerprint density at radius 1 is 0.524 bits per heavy atom. The van der Waals surface area contributed by atoms with E-state index in [1.807, 2.05) is 6.07 Å². The van der Waals surface area contributed by atoms with Crippen molar-refractivity contribution < 1.29 is 4.42 Å². The molecule has 2 aliphatic rings. The van der Waals surface area contributed by atoms with Gasteiger partial charge in [-0.2, -0.15) is 0 Å². The Morgan fingerprint density at radius 2 is 1.17 bits per heavy atom. The molecule has 0 amide bonds. The molecule has 0 spiro atoms. The summed E-state index contributed by atoms with van der Waals surface area (Å²) in [5.41, 5.74) is 13.8. The van der Waals surface area contributed by atoms with Crippen molar-refractivity contribution in [3.63, 3.8) is 0 Å². The van der Waals surface area contributed by atoms with Gasteiger partial charge in [-0.1, -0.05) is 146 Å². The number of benzene rings is 8. The molecule has 11 aromatic rings. The van der Waals surface area contributed by atoms with Gasteiger partial charge in [0.25, 0.3) is 0 Å². The second-order valence-corrected chi connectivity index (χ2v) is 16.4. The van der Waals surface area contributed by atoms with Gasteiger partial charge in [0.05, 0.1) is 27.8 Å². The van der Waals surface area contributed by atoms with Crippen LogP contribution in [0.3, 0.4) is 0 Å². The number of rotatable bonds is 6. The van der Waals surface area contributed by atoms with Crippen LogP contribution in [0.25, 0.3) is 88.1 Å². The van der Waals surface area contributed by atoms with Crippen LogP contribution in [0.15, 0.2) is 220 Å². The van der Waals surface area contributed by atoms with Gasteiger partial charge in [0, 0.05) is 54.7 Å². The smallest absolute Gasteiger partial charge is 0.159 e. The number of amidine groups is 2. The molecule has 1 aliphatic carbocycles. The van der Waals surface area contributed by atoms with Crippen LogP contribution in [0, 0.1) is 0 Å². The third kappa shape index (κ3) is 5.65. The van der Waals surface area contributed by atoms with Crippen molar-refractivity contribution in [3.8, 4) is 22.5 Å². The largest absolute Gasteiger partial charge is 0.454 e. The Morgan fingerprint density at radius 3 is 1.95 bits per heavy atom. The Bertz CT molecular complexity index is 3770. The number of aromatic nitrogens is 2. The summed E-state index contributed by atoms with van der Waals surface area (Å²) in [5.74, 6) is 1.52. The molecule has 6 nitrogen and oxygen atoms in total. The van der Waals surface area contributed by atoms with Gasteiger partial charge in [-0.15, -0.1) is 0 Å². The lowest BCUT2D eigenvalue weighted by Crippen LogP contribution is -2.34. The maximum absolute atomic E-state index is 7.02. The van der Waals surface area contributed by atoms with Gasteiger partial charge in [-0.25, -0.2) is 9.98 Å². The molecule has 3 aromatic heterocycles. The van der Waals surface area contributed by atoms with Crippen LogP contribution < -0.4 is 5.32 Å². The molecule has 0 radical (unpaired) electrons. The van der Waals surface area contributed by atoms with Gasteiger partial charge >= 0.3 is 0 Å². The molecule has 8 aromatic carbocycles. The zero-order valence-electron chi connectivity index (χ0n) is 34.2. The fourth-order valence-electron chi connectivity index (χ4n) is 9.95. The predicted octanol–water partition coefficient (Wildman–Crippen LogP) is 14.2. The lowest BCUT2D eigenvalue weighted by molar-refractivity contribution is 0.660. The summed E-state index contributed by atoms with van der Waals surface area (Å²) in [6.45, 7) is 0. The normalized spacial score (nSPS) is 15.4. The molecule has 0 saturated carbocycles. The van der Waals surface area contributed by atoms with E-state index in [4.69, 9.17) is 14.4 Å². The molecular formula is C57H39N5O. The first-order valence-corrected chi connectivity index (χ1v) is 21.7. The minimum absolute atomic E-state index is 0.416. The standard InChI is InChI=1S/C57H39N5O/c1-4-17-36(18-5-1)38-21-14-22-39(33-38)56-58-55(37-19-6-2-7-20-37)59-57(60-56)44-28-16-32-52-53(44)43-27-15-31-49(54(43)63-52)62-48-30-13-11-26-42(48)46-34-50-45(35-51(46)62)41-25-10-12-29-47(41)61(50)40-23-8-3-9-24-40/h1,3-6,8-35,57H,2,7H2,(H,58,59,60). The molecule has 0 fully saturated rings. The van der Waals surface area contributed by atoms with Gasteiger partial charge in [-0.3, -0.25) is 0 Å². The molecule has 298 valence electrons. The summed E-state index contributed by atoms with van der Waals surface area (Å²) >= 11 is 0. The fourth-order valence-corrected chi connectivity index (χ4v) is 9.95. The molecule has 1 N–H and O–H groups in total. The maximum atomic E-state index is 7.02. The third-order valence-corrected chi connectivity index (χ3v) is 12.8. The molecule has 0 bridgehead atoms. The monoisotopic (exact) mass is 809 g/mol. The van der Waals surface area contributed by atoms with Gasteiger partial charge in [0.1, 0.15) is 17.6 Å². The Hall–Kier alpha value is -8.22. The van der Waals surface area contributed by atoms with Crippen LogP contribution in [0.1, 0.15) is 30.1 Å². The van der Waals surface area contributed by atoms with Gasteiger partial charge in [0.2, 0.25) is 0 Å². The molecule has 1 aliphatic heterocycles. The van der Waals surface area contributed by atoms with E-state index in [9.17, 15) is 0 Å². The first-order valence-electron chi connectivity index (χ1n) is 21.7. The van der Waals surface area contributed by atoms with E-state index in [0.717, 1.165) is 90.9 Å². The predicted molar refractivity (Wildman–Crippen MR) is 261 cm³/mol. The number of para-hydroxylation sites is 4. The molecule has 1 atom stereocenters. The Kier molecular flexibility index (Phi) is 8.00. The summed E-state index contributed by atoms with van der Waals surface area (Å²) < 4.78 is 11.8. The van der Waals surface area contributed by atoms with Crippen molar-refractivity contribution in [1.29, 1.82) is 0 Å². The number of hydrogen-bond donors (Lipinski definition) is 1. The van der Waals surface area contributed by atoms with Crippen LogP contribution in [-0.4, -0.2) is 20.8 Å². The number of hydrogen-bond acceptors (Lipinski definition) is 4. The van der Waals surface area contributed by atoms with Crippen LogP contribution in [0.2, 0.25) is 0 Å². The van der Waals surface area contributed by atoms with Gasteiger partial charge in [0.15, 0.2) is 11.4 Å². The second-order valence-electron chi connectivity index (χ2n) is 16.4. The van der Waals surface area contributed by atoms with Gasteiger partial charge < -0.3 is 18.9 Å². The van der Waals surface area contributed by atoms with Crippen molar-refractivity contribution in [3.05, 3.63) is 217 Å². The summed E-state index contributed by atoms with van der Waals surface area (Å²) in [4.78, 5) is 10.6. The molecule has 13 rings (SSSR count). The number of allylic oxidation sites excluding steroid dienone is 2. The summed E-state index contributed by atoms with van der Waals surface area (Å²) in [5, 5.41) is 10.6. The average Bonchev–Trinajstić information content (AvgIpc) is 4.01. The summed E-state index contributed by atoms with van der Waals surface area (Å²) in [6, 6.07) is 64.8. The van der Waals surface area contributed by atoms with E-state index in [0.29, 0.717) is 5.84 Å². The maximum Gasteiger partial charge on any atom is 0.159 e. The van der Waals surface area contributed by atoms with Crippen molar-refractivity contribution in [2.24, 2.45) is 9.98 Å². The van der Waals surface area contributed by atoms with Crippen LogP contribution >= 0.6 is 0 Å². The lowest BCUT2D eigenvalue weighted by atomic mass is 10.0. The van der Waals surface area contributed by atoms with E-state index >= 15 is 0 Å². The average molecular weight is 810 g/mol. The van der Waals surface area contributed by atoms with Crippen molar-refractivity contribution in [2.75, 3.05) is 0 Å². The number of nitrogens with one attached hydrogen (secondary N) is 1. The van der Waals surface area contributed by atoms with Crippen molar-refractivity contribution in [2.45, 2.75) is 19.0 Å². The quantitative estimate of drug-likeness (QED) is 0.182. The number of furan rings is 1. The topological polar surface area (TPSA) is 59.8 Å². The van der Waals surface area contributed by atoms with Crippen molar-refractivity contribution in [1.82, 2.24) is 14.5 Å². The third-order valence-electron chi connectivity index (χ3n) is 12.8. The van der Waals surface area contributed by atoms with Crippen LogP contribution in [0.5, 0.6) is 0 Å². The minimum atomic E-state index is -0.416. The molecule has 6 heteroatoms. The first-order chi connectivity index (χ1) is 31.2. The highest BCUT2D eigenvalue weighted by molar-refractivity contribution is 6.20.